The van der Waals surface area contributed by atoms with E-state index >= 15 is 0 Å². The summed E-state index contributed by atoms with van der Waals surface area (Å²) in [5.41, 5.74) is 0.251. The number of aliphatic hydroxyl groups excluding tert-OH is 1. The zero-order valence-corrected chi connectivity index (χ0v) is 9.80. The van der Waals surface area contributed by atoms with E-state index in [1.807, 2.05) is 0 Å². The van der Waals surface area contributed by atoms with Crippen LogP contribution in [0.3, 0.4) is 0 Å². The lowest BCUT2D eigenvalue weighted by atomic mass is 10.2. The van der Waals surface area contributed by atoms with Crippen LogP contribution in [0.4, 0.5) is 11.4 Å². The number of nitrogens with zero attached hydrogens (tertiary/aromatic N) is 3. The summed E-state index contributed by atoms with van der Waals surface area (Å²) in [4.78, 5) is 16.0. The van der Waals surface area contributed by atoms with Gasteiger partial charge in [0.1, 0.15) is 11.9 Å². The molecule has 1 aliphatic rings. The van der Waals surface area contributed by atoms with E-state index in [0.29, 0.717) is 12.2 Å². The van der Waals surface area contributed by atoms with Crippen molar-refractivity contribution in [2.75, 3.05) is 18.1 Å². The average molecular weight is 258 g/mol. The van der Waals surface area contributed by atoms with Crippen LogP contribution in [0.5, 0.6) is 0 Å². The van der Waals surface area contributed by atoms with Gasteiger partial charge in [0.2, 0.25) is 0 Å². The molecule has 1 saturated heterocycles. The minimum absolute atomic E-state index is 0.0319. The second-order valence-electron chi connectivity index (χ2n) is 3.92. The zero-order chi connectivity index (χ0) is 12.4. The number of anilines is 1. The summed E-state index contributed by atoms with van der Waals surface area (Å²) in [7, 11) is 0. The lowest BCUT2D eigenvalue weighted by Crippen LogP contribution is -2.32. The summed E-state index contributed by atoms with van der Waals surface area (Å²) in [5.74, 6) is 0. The lowest BCUT2D eigenvalue weighted by molar-refractivity contribution is -0.384. The van der Waals surface area contributed by atoms with Crippen molar-refractivity contribution in [3.8, 4) is 0 Å². The summed E-state index contributed by atoms with van der Waals surface area (Å²) in [6.45, 7) is 0.631. The van der Waals surface area contributed by atoms with Gasteiger partial charge in [-0.15, -0.1) is 0 Å². The molecule has 7 heteroatoms. The van der Waals surface area contributed by atoms with Crippen molar-refractivity contribution in [1.82, 2.24) is 4.98 Å². The largest absolute Gasteiger partial charge is 0.394 e. The first-order chi connectivity index (χ1) is 8.15. The molecule has 0 radical (unpaired) electrons. The molecule has 0 bridgehead atoms. The number of hydrogen-bond acceptors (Lipinski definition) is 5. The van der Waals surface area contributed by atoms with Gasteiger partial charge in [-0.05, 0) is 12.8 Å². The molecule has 1 atom stereocenters. The van der Waals surface area contributed by atoms with Gasteiger partial charge in [-0.2, -0.15) is 0 Å². The molecule has 2 heterocycles. The van der Waals surface area contributed by atoms with Crippen LogP contribution in [-0.2, 0) is 0 Å². The van der Waals surface area contributed by atoms with Gasteiger partial charge in [0, 0.05) is 12.7 Å². The van der Waals surface area contributed by atoms with E-state index in [0.717, 1.165) is 12.8 Å². The smallest absolute Gasteiger partial charge is 0.312 e. The Hall–Kier alpha value is -1.40. The molecule has 1 aromatic heterocycles. The van der Waals surface area contributed by atoms with Gasteiger partial charge in [0.05, 0.1) is 22.6 Å². The molecule has 0 aromatic carbocycles. The maximum absolute atomic E-state index is 10.9. The Kier molecular flexibility index (Phi) is 3.44. The topological polar surface area (TPSA) is 79.5 Å². The molecule has 92 valence electrons. The standard InChI is InChI=1S/C10H12ClN3O3/c11-8-4-12-5-9(14(16)17)10(8)13-3-1-2-7(13)6-15/h4-5,7,15H,1-3,6H2. The van der Waals surface area contributed by atoms with Crippen LogP contribution >= 0.6 is 11.6 Å². The van der Waals surface area contributed by atoms with Crippen molar-refractivity contribution >= 4 is 23.0 Å². The van der Waals surface area contributed by atoms with Crippen LogP contribution in [0.2, 0.25) is 5.02 Å². The molecule has 1 N–H and O–H groups in total. The van der Waals surface area contributed by atoms with Crippen molar-refractivity contribution in [1.29, 1.82) is 0 Å². The van der Waals surface area contributed by atoms with Crippen molar-refractivity contribution in [2.45, 2.75) is 18.9 Å². The van der Waals surface area contributed by atoms with E-state index in [2.05, 4.69) is 4.98 Å². The molecule has 2 rings (SSSR count). The Bertz CT molecular complexity index is 441. The molecular weight excluding hydrogens is 246 g/mol. The highest BCUT2D eigenvalue weighted by Gasteiger charge is 2.31. The maximum Gasteiger partial charge on any atom is 0.312 e. The van der Waals surface area contributed by atoms with E-state index in [1.165, 1.54) is 12.4 Å². The number of pyridine rings is 1. The van der Waals surface area contributed by atoms with Crippen LogP contribution in [0, 0.1) is 10.1 Å². The van der Waals surface area contributed by atoms with Crippen LogP contribution in [0.15, 0.2) is 12.4 Å². The number of nitro groups is 1. The van der Waals surface area contributed by atoms with Gasteiger partial charge in [-0.1, -0.05) is 11.6 Å². The predicted octanol–water partition coefficient (Wildman–Crippen LogP) is 1.60. The summed E-state index contributed by atoms with van der Waals surface area (Å²) in [5, 5.41) is 20.4. The summed E-state index contributed by atoms with van der Waals surface area (Å²) >= 11 is 5.99. The second kappa shape index (κ2) is 4.85. The first-order valence-corrected chi connectivity index (χ1v) is 5.68. The Balaban J connectivity index is 2.46. The number of halogens is 1. The average Bonchev–Trinajstić information content (AvgIpc) is 2.76. The molecule has 17 heavy (non-hydrogen) atoms. The van der Waals surface area contributed by atoms with Gasteiger partial charge in [-0.3, -0.25) is 15.1 Å². The van der Waals surface area contributed by atoms with Gasteiger partial charge < -0.3 is 10.0 Å². The van der Waals surface area contributed by atoms with Gasteiger partial charge in [0.25, 0.3) is 0 Å². The molecule has 1 fully saturated rings. The highest BCUT2D eigenvalue weighted by Crippen LogP contribution is 2.38. The third kappa shape index (κ3) is 2.18. The fourth-order valence-corrected chi connectivity index (χ4v) is 2.42. The van der Waals surface area contributed by atoms with E-state index < -0.39 is 4.92 Å². The highest BCUT2D eigenvalue weighted by molar-refractivity contribution is 6.33. The first kappa shape index (κ1) is 12.1. The minimum Gasteiger partial charge on any atom is -0.394 e. The van der Waals surface area contributed by atoms with E-state index in [9.17, 15) is 15.2 Å². The molecule has 1 unspecified atom stereocenters. The quantitative estimate of drug-likeness (QED) is 0.657. The summed E-state index contributed by atoms with van der Waals surface area (Å²) < 4.78 is 0. The van der Waals surface area contributed by atoms with Gasteiger partial charge in [-0.25, -0.2) is 0 Å². The summed E-state index contributed by atoms with van der Waals surface area (Å²) in [6, 6.07) is -0.103. The van der Waals surface area contributed by atoms with E-state index in [-0.39, 0.29) is 23.4 Å². The fraction of sp³-hybridized carbons (Fsp3) is 0.500. The Morgan fingerprint density at radius 3 is 3.06 bits per heavy atom. The number of aliphatic hydroxyl groups is 1. The molecule has 0 aliphatic carbocycles. The zero-order valence-electron chi connectivity index (χ0n) is 9.04. The number of aromatic nitrogens is 1. The Morgan fingerprint density at radius 1 is 1.65 bits per heavy atom. The van der Waals surface area contributed by atoms with Crippen LogP contribution in [0.1, 0.15) is 12.8 Å². The molecule has 6 nitrogen and oxygen atoms in total. The number of hydrogen-bond donors (Lipinski definition) is 1. The molecule has 0 spiro atoms. The van der Waals surface area contributed by atoms with E-state index in [1.54, 1.807) is 4.90 Å². The first-order valence-electron chi connectivity index (χ1n) is 5.30. The third-order valence-corrected chi connectivity index (χ3v) is 3.20. The Morgan fingerprint density at radius 2 is 2.41 bits per heavy atom. The molecular formula is C10H12ClN3O3. The normalized spacial score (nSPS) is 19.6. The van der Waals surface area contributed by atoms with Gasteiger partial charge >= 0.3 is 5.69 Å². The van der Waals surface area contributed by atoms with Crippen molar-refractivity contribution in [3.05, 3.63) is 27.5 Å². The van der Waals surface area contributed by atoms with Crippen LogP contribution in [-0.4, -0.2) is 34.2 Å². The van der Waals surface area contributed by atoms with Crippen molar-refractivity contribution in [3.63, 3.8) is 0 Å². The predicted molar refractivity (Wildman–Crippen MR) is 63.4 cm³/mol. The maximum atomic E-state index is 10.9. The van der Waals surface area contributed by atoms with Crippen molar-refractivity contribution < 1.29 is 10.0 Å². The molecule has 1 aromatic rings. The molecule has 0 amide bonds. The second-order valence-corrected chi connectivity index (χ2v) is 4.33. The Labute approximate surface area is 103 Å². The number of rotatable bonds is 3. The monoisotopic (exact) mass is 257 g/mol. The SMILES string of the molecule is O=[N+]([O-])c1cncc(Cl)c1N1CCCC1CO. The third-order valence-electron chi connectivity index (χ3n) is 2.93. The van der Waals surface area contributed by atoms with Gasteiger partial charge in [0.15, 0.2) is 0 Å². The van der Waals surface area contributed by atoms with Crippen molar-refractivity contribution in [2.24, 2.45) is 0 Å². The fourth-order valence-electron chi connectivity index (χ4n) is 2.16. The van der Waals surface area contributed by atoms with E-state index in [4.69, 9.17) is 11.6 Å². The van der Waals surface area contributed by atoms with Crippen LogP contribution < -0.4 is 4.90 Å². The molecule has 0 saturated carbocycles. The minimum atomic E-state index is -0.499. The highest BCUT2D eigenvalue weighted by atomic mass is 35.5. The summed E-state index contributed by atoms with van der Waals surface area (Å²) in [6.07, 6.45) is 4.28. The molecule has 1 aliphatic heterocycles. The van der Waals surface area contributed by atoms with Crippen LogP contribution in [0.25, 0.3) is 0 Å². The lowest BCUT2D eigenvalue weighted by Gasteiger charge is -2.25.